The predicted octanol–water partition coefficient (Wildman–Crippen LogP) is 3.47. The lowest BCUT2D eigenvalue weighted by Gasteiger charge is -2.33. The van der Waals surface area contributed by atoms with Gasteiger partial charge >= 0.3 is 0 Å². The van der Waals surface area contributed by atoms with Gasteiger partial charge in [0.2, 0.25) is 0 Å². The van der Waals surface area contributed by atoms with Crippen molar-refractivity contribution >= 4 is 5.69 Å². The summed E-state index contributed by atoms with van der Waals surface area (Å²) in [5.41, 5.74) is 2.57. The Morgan fingerprint density at radius 3 is 2.48 bits per heavy atom. The Kier molecular flexibility index (Phi) is 5.34. The van der Waals surface area contributed by atoms with Crippen molar-refractivity contribution < 1.29 is 0 Å². The molecule has 0 radical (unpaired) electrons. The van der Waals surface area contributed by atoms with Gasteiger partial charge in [-0.1, -0.05) is 17.7 Å². The van der Waals surface area contributed by atoms with Crippen molar-refractivity contribution in [2.75, 3.05) is 25.0 Å². The van der Waals surface area contributed by atoms with Crippen molar-refractivity contribution in [2.45, 2.75) is 45.7 Å². The Labute approximate surface area is 139 Å². The average molecular weight is 312 g/mol. The van der Waals surface area contributed by atoms with Crippen LogP contribution in [0.25, 0.3) is 0 Å². The lowest BCUT2D eigenvalue weighted by molar-refractivity contribution is 0.213. The molecular formula is C19H28N4. The Morgan fingerprint density at radius 2 is 1.83 bits per heavy atom. The summed E-state index contributed by atoms with van der Waals surface area (Å²) in [6.45, 7) is 8.87. The molecule has 3 rings (SSSR count). The number of likely N-dealkylation sites (tertiary alicyclic amines) is 1. The van der Waals surface area contributed by atoms with Crippen LogP contribution in [0.1, 0.15) is 30.7 Å². The number of imidazole rings is 1. The summed E-state index contributed by atoms with van der Waals surface area (Å²) >= 11 is 0. The van der Waals surface area contributed by atoms with E-state index in [0.717, 1.165) is 12.4 Å². The summed E-state index contributed by atoms with van der Waals surface area (Å²) in [4.78, 5) is 6.88. The highest BCUT2D eigenvalue weighted by atomic mass is 15.1. The molecule has 1 aromatic heterocycles. The van der Waals surface area contributed by atoms with Gasteiger partial charge in [0.1, 0.15) is 5.82 Å². The molecule has 0 saturated carbocycles. The van der Waals surface area contributed by atoms with Crippen molar-refractivity contribution in [3.8, 4) is 0 Å². The van der Waals surface area contributed by atoms with Gasteiger partial charge in [0, 0.05) is 43.8 Å². The minimum Gasteiger partial charge on any atom is -0.382 e. The predicted molar refractivity (Wildman–Crippen MR) is 95.8 cm³/mol. The molecule has 4 heteroatoms. The van der Waals surface area contributed by atoms with Crippen molar-refractivity contribution in [1.82, 2.24) is 14.5 Å². The molecule has 0 spiro atoms. The minimum atomic E-state index is 0.616. The van der Waals surface area contributed by atoms with Gasteiger partial charge in [-0.2, -0.15) is 0 Å². The van der Waals surface area contributed by atoms with Gasteiger partial charge in [-0.15, -0.1) is 0 Å². The lowest BCUT2D eigenvalue weighted by Crippen LogP contribution is -2.39. The van der Waals surface area contributed by atoms with Crippen LogP contribution in [0.15, 0.2) is 36.7 Å². The van der Waals surface area contributed by atoms with E-state index in [9.17, 15) is 0 Å². The molecule has 2 aromatic rings. The number of aryl methyl sites for hydroxylation is 3. The van der Waals surface area contributed by atoms with E-state index in [1.807, 2.05) is 6.20 Å². The molecule has 4 nitrogen and oxygen atoms in total. The van der Waals surface area contributed by atoms with E-state index in [4.69, 9.17) is 0 Å². The number of benzene rings is 1. The maximum Gasteiger partial charge on any atom is 0.105 e. The molecule has 1 aliphatic rings. The summed E-state index contributed by atoms with van der Waals surface area (Å²) in [6.07, 6.45) is 7.63. The van der Waals surface area contributed by atoms with Crippen LogP contribution in [0.3, 0.4) is 0 Å². The van der Waals surface area contributed by atoms with Crippen molar-refractivity contribution in [3.05, 3.63) is 48.0 Å². The van der Waals surface area contributed by atoms with Crippen LogP contribution >= 0.6 is 0 Å². The van der Waals surface area contributed by atoms with Crippen LogP contribution in [0.4, 0.5) is 5.69 Å². The number of aromatic nitrogens is 2. The molecule has 124 valence electrons. The zero-order valence-corrected chi connectivity index (χ0v) is 14.3. The average Bonchev–Trinajstić information content (AvgIpc) is 2.97. The molecule has 0 unspecified atom stereocenters. The molecule has 1 N–H and O–H groups in total. The molecule has 2 heterocycles. The first kappa shape index (κ1) is 16.1. The highest BCUT2D eigenvalue weighted by Gasteiger charge is 2.18. The minimum absolute atomic E-state index is 0.616. The Bertz CT molecular complexity index is 594. The van der Waals surface area contributed by atoms with Gasteiger partial charge in [-0.05, 0) is 51.8 Å². The molecule has 1 aromatic carbocycles. The molecule has 0 amide bonds. The second kappa shape index (κ2) is 7.64. The Morgan fingerprint density at radius 1 is 1.09 bits per heavy atom. The number of hydrogen-bond donors (Lipinski definition) is 1. The maximum absolute atomic E-state index is 4.28. The van der Waals surface area contributed by atoms with Crippen LogP contribution < -0.4 is 5.32 Å². The smallest absolute Gasteiger partial charge is 0.105 e. The third-order valence-corrected chi connectivity index (χ3v) is 4.81. The fraction of sp³-hybridized carbons (Fsp3) is 0.526. The number of nitrogens with one attached hydrogen (secondary N) is 1. The number of piperidine rings is 1. The molecular weight excluding hydrogens is 284 g/mol. The van der Waals surface area contributed by atoms with E-state index in [-0.39, 0.29) is 0 Å². The van der Waals surface area contributed by atoms with Crippen LogP contribution in [0.5, 0.6) is 0 Å². The second-order valence-corrected chi connectivity index (χ2v) is 6.65. The van der Waals surface area contributed by atoms with Gasteiger partial charge in [0.15, 0.2) is 0 Å². The van der Waals surface area contributed by atoms with E-state index < -0.39 is 0 Å². The molecule has 23 heavy (non-hydrogen) atoms. The first-order valence-corrected chi connectivity index (χ1v) is 8.74. The Balaban J connectivity index is 1.37. The Hall–Kier alpha value is -1.81. The lowest BCUT2D eigenvalue weighted by atomic mass is 10.0. The number of hydrogen-bond acceptors (Lipinski definition) is 3. The van der Waals surface area contributed by atoms with Gasteiger partial charge in [0.25, 0.3) is 0 Å². The van der Waals surface area contributed by atoms with Crippen LogP contribution in [-0.2, 0) is 6.54 Å². The maximum atomic E-state index is 4.28. The highest BCUT2D eigenvalue weighted by Crippen LogP contribution is 2.17. The second-order valence-electron chi connectivity index (χ2n) is 6.65. The zero-order chi connectivity index (χ0) is 16.1. The summed E-state index contributed by atoms with van der Waals surface area (Å²) in [5, 5.41) is 3.68. The quantitative estimate of drug-likeness (QED) is 0.886. The number of nitrogens with zero attached hydrogens (tertiary/aromatic N) is 3. The summed E-state index contributed by atoms with van der Waals surface area (Å²) < 4.78 is 2.24. The van der Waals surface area contributed by atoms with Crippen molar-refractivity contribution in [2.24, 2.45) is 0 Å². The number of anilines is 1. The van der Waals surface area contributed by atoms with Gasteiger partial charge in [-0.25, -0.2) is 4.98 Å². The molecule has 1 fully saturated rings. The van der Waals surface area contributed by atoms with E-state index in [1.165, 1.54) is 50.1 Å². The van der Waals surface area contributed by atoms with Crippen molar-refractivity contribution in [1.29, 1.82) is 0 Å². The fourth-order valence-electron chi connectivity index (χ4n) is 3.29. The van der Waals surface area contributed by atoms with E-state index in [0.29, 0.717) is 6.04 Å². The zero-order valence-electron chi connectivity index (χ0n) is 14.3. The topological polar surface area (TPSA) is 33.1 Å². The van der Waals surface area contributed by atoms with E-state index >= 15 is 0 Å². The summed E-state index contributed by atoms with van der Waals surface area (Å²) in [7, 11) is 0. The number of rotatable bonds is 6. The third kappa shape index (κ3) is 4.58. The highest BCUT2D eigenvalue weighted by molar-refractivity contribution is 5.45. The third-order valence-electron chi connectivity index (χ3n) is 4.81. The van der Waals surface area contributed by atoms with Crippen LogP contribution in [-0.4, -0.2) is 40.1 Å². The monoisotopic (exact) mass is 312 g/mol. The molecule has 0 bridgehead atoms. The van der Waals surface area contributed by atoms with Crippen molar-refractivity contribution in [3.63, 3.8) is 0 Å². The molecule has 1 saturated heterocycles. The SMILES string of the molecule is Cc1ccc(NC2CCN(CCCn3ccnc3C)CC2)cc1. The largest absolute Gasteiger partial charge is 0.382 e. The van der Waals surface area contributed by atoms with E-state index in [1.54, 1.807) is 0 Å². The van der Waals surface area contributed by atoms with Gasteiger partial charge in [-0.3, -0.25) is 0 Å². The van der Waals surface area contributed by atoms with E-state index in [2.05, 4.69) is 64.1 Å². The summed E-state index contributed by atoms with van der Waals surface area (Å²) in [5.74, 6) is 1.12. The summed E-state index contributed by atoms with van der Waals surface area (Å²) in [6, 6.07) is 9.35. The fourth-order valence-corrected chi connectivity index (χ4v) is 3.29. The molecule has 0 atom stereocenters. The van der Waals surface area contributed by atoms with Gasteiger partial charge in [0.05, 0.1) is 0 Å². The molecule has 0 aliphatic carbocycles. The van der Waals surface area contributed by atoms with Crippen LogP contribution in [0, 0.1) is 13.8 Å². The van der Waals surface area contributed by atoms with Gasteiger partial charge < -0.3 is 14.8 Å². The first-order chi connectivity index (χ1) is 11.2. The van der Waals surface area contributed by atoms with Crippen LogP contribution in [0.2, 0.25) is 0 Å². The first-order valence-electron chi connectivity index (χ1n) is 8.74. The standard InChI is InChI=1S/C19H28N4/c1-16-4-6-18(7-5-16)21-19-8-13-22(14-9-19)11-3-12-23-15-10-20-17(23)2/h4-7,10,15,19,21H,3,8-9,11-14H2,1-2H3. The normalized spacial score (nSPS) is 16.6. The molecule has 1 aliphatic heterocycles.